The van der Waals surface area contributed by atoms with Gasteiger partial charge in [-0.1, -0.05) is 24.3 Å². The molecule has 0 amide bonds. The molecule has 1 rings (SSSR count). The van der Waals surface area contributed by atoms with Gasteiger partial charge < -0.3 is 4.74 Å². The second kappa shape index (κ2) is 5.60. The van der Waals surface area contributed by atoms with Crippen LogP contribution >= 0.6 is 15.9 Å². The highest BCUT2D eigenvalue weighted by atomic mass is 79.9. The van der Waals surface area contributed by atoms with Crippen molar-refractivity contribution in [2.45, 2.75) is 6.92 Å². The largest absolute Gasteiger partial charge is 0.458 e. The summed E-state index contributed by atoms with van der Waals surface area (Å²) in [6.45, 7) is 2.20. The highest BCUT2D eigenvalue weighted by molar-refractivity contribution is 9.10. The molecule has 74 valence electrons. The molecule has 1 aromatic carbocycles. The lowest BCUT2D eigenvalue weighted by Gasteiger charge is -2.03. The molecule has 0 radical (unpaired) electrons. The van der Waals surface area contributed by atoms with Gasteiger partial charge in [-0.2, -0.15) is 0 Å². The fourth-order valence-corrected chi connectivity index (χ4v) is 1.37. The first-order chi connectivity index (χ1) is 6.75. The number of carbonyl (C=O) groups excluding carboxylic acids is 1. The van der Waals surface area contributed by atoms with E-state index in [2.05, 4.69) is 15.9 Å². The lowest BCUT2D eigenvalue weighted by Crippen LogP contribution is -2.05. The third-order valence-corrected chi connectivity index (χ3v) is 2.33. The van der Waals surface area contributed by atoms with Crippen molar-refractivity contribution in [3.05, 3.63) is 46.5 Å². The molecule has 0 saturated heterocycles. The van der Waals surface area contributed by atoms with Crippen LogP contribution in [0.5, 0.6) is 0 Å². The Morgan fingerprint density at radius 1 is 1.50 bits per heavy atom. The maximum Gasteiger partial charge on any atom is 0.339 e. The van der Waals surface area contributed by atoms with Gasteiger partial charge in [-0.3, -0.25) is 0 Å². The van der Waals surface area contributed by atoms with Crippen LogP contribution in [0.15, 0.2) is 40.9 Å². The van der Waals surface area contributed by atoms with Gasteiger partial charge in [0, 0.05) is 4.47 Å². The van der Waals surface area contributed by atoms with Gasteiger partial charge >= 0.3 is 5.97 Å². The molecule has 0 aromatic heterocycles. The van der Waals surface area contributed by atoms with Crippen LogP contribution in [0.25, 0.3) is 0 Å². The lowest BCUT2D eigenvalue weighted by atomic mass is 10.2. The molecule has 0 N–H and O–H groups in total. The maximum absolute atomic E-state index is 11.5. The zero-order valence-electron chi connectivity index (χ0n) is 7.87. The summed E-state index contributed by atoms with van der Waals surface area (Å²) in [6.07, 6.45) is 3.63. The highest BCUT2D eigenvalue weighted by Gasteiger charge is 2.08. The third kappa shape index (κ3) is 3.00. The predicted molar refractivity (Wildman–Crippen MR) is 59.2 cm³/mol. The Balaban J connectivity index is 2.65. The molecule has 0 atom stereocenters. The maximum atomic E-state index is 11.5. The number of ether oxygens (including phenoxy) is 1. The first-order valence-corrected chi connectivity index (χ1v) is 5.08. The molecule has 0 bridgehead atoms. The number of rotatable bonds is 3. The number of halogens is 1. The predicted octanol–water partition coefficient (Wildman–Crippen LogP) is 3.18. The van der Waals surface area contributed by atoms with E-state index >= 15 is 0 Å². The Bertz CT molecular complexity index is 345. The van der Waals surface area contributed by atoms with Gasteiger partial charge in [0.05, 0.1) is 5.56 Å². The van der Waals surface area contributed by atoms with Crippen molar-refractivity contribution in [1.29, 1.82) is 0 Å². The van der Waals surface area contributed by atoms with Gasteiger partial charge in [-0.05, 0) is 35.0 Å². The molecule has 3 heteroatoms. The molecular weight excluding hydrogens is 244 g/mol. The second-order valence-electron chi connectivity index (χ2n) is 2.65. The molecule has 14 heavy (non-hydrogen) atoms. The van der Waals surface area contributed by atoms with E-state index in [0.29, 0.717) is 12.2 Å². The SMILES string of the molecule is CC=CCOC(=O)c1ccccc1Br. The first kappa shape index (κ1) is 11.0. The van der Waals surface area contributed by atoms with E-state index in [-0.39, 0.29) is 5.97 Å². The molecule has 0 spiro atoms. The van der Waals surface area contributed by atoms with E-state index in [1.54, 1.807) is 18.2 Å². The van der Waals surface area contributed by atoms with Crippen molar-refractivity contribution >= 4 is 21.9 Å². The molecular formula is C11H11BrO2. The first-order valence-electron chi connectivity index (χ1n) is 4.28. The average Bonchev–Trinajstić information content (AvgIpc) is 2.18. The topological polar surface area (TPSA) is 26.3 Å². The van der Waals surface area contributed by atoms with Crippen LogP contribution < -0.4 is 0 Å². The summed E-state index contributed by atoms with van der Waals surface area (Å²) < 4.78 is 5.75. The van der Waals surface area contributed by atoms with Crippen LogP contribution in [0.1, 0.15) is 17.3 Å². The molecule has 2 nitrogen and oxygen atoms in total. The summed E-state index contributed by atoms with van der Waals surface area (Å²) in [5.74, 6) is -0.310. The van der Waals surface area contributed by atoms with E-state index in [1.165, 1.54) is 0 Å². The fourth-order valence-electron chi connectivity index (χ4n) is 0.925. The van der Waals surface area contributed by atoms with Gasteiger partial charge in [0.2, 0.25) is 0 Å². The number of benzene rings is 1. The number of hydrogen-bond acceptors (Lipinski definition) is 2. The van der Waals surface area contributed by atoms with E-state index in [9.17, 15) is 4.79 Å². The normalized spacial score (nSPS) is 10.4. The average molecular weight is 255 g/mol. The zero-order chi connectivity index (χ0) is 10.4. The van der Waals surface area contributed by atoms with Crippen molar-refractivity contribution in [1.82, 2.24) is 0 Å². The Morgan fingerprint density at radius 3 is 2.86 bits per heavy atom. The van der Waals surface area contributed by atoms with Gasteiger partial charge in [0.25, 0.3) is 0 Å². The molecule has 0 aliphatic heterocycles. The van der Waals surface area contributed by atoms with E-state index in [1.807, 2.05) is 25.1 Å². The standard InChI is InChI=1S/C11H11BrO2/c1-2-3-8-14-11(13)9-6-4-5-7-10(9)12/h2-7H,8H2,1H3. The number of allylic oxidation sites excluding steroid dienone is 1. The van der Waals surface area contributed by atoms with Crippen LogP contribution in [0.3, 0.4) is 0 Å². The molecule has 0 aliphatic rings. The summed E-state index contributed by atoms with van der Waals surface area (Å²) in [5, 5.41) is 0. The van der Waals surface area contributed by atoms with E-state index < -0.39 is 0 Å². The quantitative estimate of drug-likeness (QED) is 0.612. The Labute approximate surface area is 91.7 Å². The van der Waals surface area contributed by atoms with E-state index in [0.717, 1.165) is 4.47 Å². The summed E-state index contributed by atoms with van der Waals surface area (Å²) >= 11 is 3.29. The van der Waals surface area contributed by atoms with Gasteiger partial charge in [-0.15, -0.1) is 0 Å². The monoisotopic (exact) mass is 254 g/mol. The summed E-state index contributed by atoms with van der Waals surface area (Å²) in [6, 6.07) is 7.19. The van der Waals surface area contributed by atoms with Crippen molar-refractivity contribution in [2.24, 2.45) is 0 Å². The second-order valence-corrected chi connectivity index (χ2v) is 3.50. The van der Waals surface area contributed by atoms with Crippen LogP contribution in [0, 0.1) is 0 Å². The number of carbonyl (C=O) groups is 1. The van der Waals surface area contributed by atoms with Gasteiger partial charge in [0.15, 0.2) is 0 Å². The van der Waals surface area contributed by atoms with Crippen molar-refractivity contribution in [3.63, 3.8) is 0 Å². The van der Waals surface area contributed by atoms with Crippen molar-refractivity contribution in [3.8, 4) is 0 Å². The summed E-state index contributed by atoms with van der Waals surface area (Å²) in [4.78, 5) is 11.5. The zero-order valence-corrected chi connectivity index (χ0v) is 9.45. The molecule has 1 aromatic rings. The fraction of sp³-hybridized carbons (Fsp3) is 0.182. The third-order valence-electron chi connectivity index (χ3n) is 1.64. The van der Waals surface area contributed by atoms with Gasteiger partial charge in [-0.25, -0.2) is 4.79 Å². The molecule has 0 unspecified atom stereocenters. The number of hydrogen-bond donors (Lipinski definition) is 0. The lowest BCUT2D eigenvalue weighted by molar-refractivity contribution is 0.0548. The van der Waals surface area contributed by atoms with Crippen LogP contribution in [-0.2, 0) is 4.74 Å². The summed E-state index contributed by atoms with van der Waals surface area (Å²) in [5.41, 5.74) is 0.553. The van der Waals surface area contributed by atoms with Crippen LogP contribution in [0.2, 0.25) is 0 Å². The van der Waals surface area contributed by atoms with Crippen molar-refractivity contribution < 1.29 is 9.53 Å². The minimum absolute atomic E-state index is 0.310. The van der Waals surface area contributed by atoms with Crippen molar-refractivity contribution in [2.75, 3.05) is 6.61 Å². The highest BCUT2D eigenvalue weighted by Crippen LogP contribution is 2.16. The van der Waals surface area contributed by atoms with E-state index in [4.69, 9.17) is 4.74 Å². The minimum Gasteiger partial charge on any atom is -0.458 e. The molecule has 0 heterocycles. The summed E-state index contributed by atoms with van der Waals surface area (Å²) in [7, 11) is 0. The Kier molecular flexibility index (Phi) is 4.40. The smallest absolute Gasteiger partial charge is 0.339 e. The van der Waals surface area contributed by atoms with Gasteiger partial charge in [0.1, 0.15) is 6.61 Å². The Hall–Kier alpha value is -1.09. The number of esters is 1. The molecule has 0 saturated carbocycles. The molecule has 0 aliphatic carbocycles. The molecule has 0 fully saturated rings. The Morgan fingerprint density at radius 2 is 2.21 bits per heavy atom. The van der Waals surface area contributed by atoms with Crippen LogP contribution in [-0.4, -0.2) is 12.6 Å². The van der Waals surface area contributed by atoms with Crippen LogP contribution in [0.4, 0.5) is 0 Å². The minimum atomic E-state index is -0.310.